The molecule has 1 N–H and O–H groups in total. The van der Waals surface area contributed by atoms with Gasteiger partial charge in [0.05, 0.1) is 4.90 Å². The summed E-state index contributed by atoms with van der Waals surface area (Å²) >= 11 is 0. The Morgan fingerprint density at radius 3 is 2.32 bits per heavy atom. The Morgan fingerprint density at radius 2 is 1.68 bits per heavy atom. The van der Waals surface area contributed by atoms with Crippen LogP contribution >= 0.6 is 0 Å². The summed E-state index contributed by atoms with van der Waals surface area (Å²) in [4.78, 5) is 12.6. The average Bonchev–Trinajstić information content (AvgIpc) is 2.69. The summed E-state index contributed by atoms with van der Waals surface area (Å²) < 4.78 is 26.9. The normalized spacial score (nSPS) is 15.4. The number of aryl methyl sites for hydroxylation is 3. The van der Waals surface area contributed by atoms with Crippen LogP contribution in [0.25, 0.3) is 0 Å². The Labute approximate surface area is 167 Å². The van der Waals surface area contributed by atoms with Gasteiger partial charge in [0, 0.05) is 25.2 Å². The predicted octanol–water partition coefficient (Wildman–Crippen LogP) is 4.05. The molecule has 3 rings (SSSR count). The van der Waals surface area contributed by atoms with Crippen LogP contribution < -0.4 is 5.32 Å². The smallest absolute Gasteiger partial charge is 0.243 e. The Balaban J connectivity index is 1.57. The monoisotopic (exact) mass is 400 g/mol. The Hall–Kier alpha value is -2.18. The maximum Gasteiger partial charge on any atom is 0.243 e. The molecule has 0 bridgehead atoms. The van der Waals surface area contributed by atoms with Crippen LogP contribution in [0.2, 0.25) is 0 Å². The standard InChI is InChI=1S/C22H28N2O3S/c1-17-6-12-21(18(2)16-17)23-22(25)13-9-19-7-10-20(11-8-19)28(26,27)24-14-4-3-5-15-24/h6-8,10-12,16H,3-5,9,13-15H2,1-2H3,(H,23,25). The number of amides is 1. The molecule has 28 heavy (non-hydrogen) atoms. The Bertz CT molecular complexity index is 931. The number of anilines is 1. The fraction of sp³-hybridized carbons (Fsp3) is 0.409. The van der Waals surface area contributed by atoms with Gasteiger partial charge < -0.3 is 5.32 Å². The highest BCUT2D eigenvalue weighted by molar-refractivity contribution is 7.89. The van der Waals surface area contributed by atoms with E-state index in [1.54, 1.807) is 28.6 Å². The van der Waals surface area contributed by atoms with Crippen molar-refractivity contribution in [2.75, 3.05) is 18.4 Å². The van der Waals surface area contributed by atoms with Gasteiger partial charge in [-0.1, -0.05) is 36.2 Å². The highest BCUT2D eigenvalue weighted by atomic mass is 32.2. The number of piperidine rings is 1. The molecule has 0 unspecified atom stereocenters. The lowest BCUT2D eigenvalue weighted by Crippen LogP contribution is -2.35. The van der Waals surface area contributed by atoms with E-state index in [0.717, 1.165) is 41.6 Å². The minimum Gasteiger partial charge on any atom is -0.326 e. The molecule has 0 saturated carbocycles. The zero-order valence-corrected chi connectivity index (χ0v) is 17.4. The van der Waals surface area contributed by atoms with Crippen molar-refractivity contribution in [1.29, 1.82) is 0 Å². The molecule has 6 heteroatoms. The maximum absolute atomic E-state index is 12.7. The fourth-order valence-electron chi connectivity index (χ4n) is 3.51. The second-order valence-corrected chi connectivity index (χ2v) is 9.41. The molecule has 1 fully saturated rings. The third-order valence-corrected chi connectivity index (χ3v) is 7.09. The minimum atomic E-state index is -3.41. The zero-order chi connectivity index (χ0) is 20.1. The molecule has 1 amide bonds. The number of nitrogens with zero attached hydrogens (tertiary/aromatic N) is 1. The topological polar surface area (TPSA) is 66.5 Å². The van der Waals surface area contributed by atoms with Crippen molar-refractivity contribution in [1.82, 2.24) is 4.31 Å². The number of carbonyl (C=O) groups excluding carboxylic acids is 1. The molecule has 1 saturated heterocycles. The first kappa shape index (κ1) is 20.6. The van der Waals surface area contributed by atoms with Crippen LogP contribution in [0.15, 0.2) is 47.4 Å². The van der Waals surface area contributed by atoms with E-state index < -0.39 is 10.0 Å². The highest BCUT2D eigenvalue weighted by Gasteiger charge is 2.25. The van der Waals surface area contributed by atoms with Crippen LogP contribution in [-0.2, 0) is 21.2 Å². The number of benzene rings is 2. The molecule has 0 spiro atoms. The number of sulfonamides is 1. The number of rotatable bonds is 6. The van der Waals surface area contributed by atoms with Gasteiger partial charge in [0.1, 0.15) is 0 Å². The van der Waals surface area contributed by atoms with E-state index in [1.165, 1.54) is 0 Å². The van der Waals surface area contributed by atoms with Crippen molar-refractivity contribution in [2.45, 2.75) is 50.8 Å². The van der Waals surface area contributed by atoms with Crippen molar-refractivity contribution in [2.24, 2.45) is 0 Å². The van der Waals surface area contributed by atoms with Crippen LogP contribution in [0.3, 0.4) is 0 Å². The predicted molar refractivity (Wildman–Crippen MR) is 112 cm³/mol. The summed E-state index contributed by atoms with van der Waals surface area (Å²) in [5.74, 6) is -0.0445. The molecule has 1 heterocycles. The van der Waals surface area contributed by atoms with E-state index in [-0.39, 0.29) is 5.91 Å². The van der Waals surface area contributed by atoms with E-state index in [4.69, 9.17) is 0 Å². The van der Waals surface area contributed by atoms with Gasteiger partial charge in [-0.25, -0.2) is 8.42 Å². The van der Waals surface area contributed by atoms with Crippen molar-refractivity contribution in [3.63, 3.8) is 0 Å². The largest absolute Gasteiger partial charge is 0.326 e. The van der Waals surface area contributed by atoms with Gasteiger partial charge in [0.25, 0.3) is 0 Å². The van der Waals surface area contributed by atoms with Crippen molar-refractivity contribution in [3.05, 3.63) is 59.2 Å². The molecule has 2 aromatic carbocycles. The molecule has 150 valence electrons. The van der Waals surface area contributed by atoms with Crippen LogP contribution in [0.4, 0.5) is 5.69 Å². The summed E-state index contributed by atoms with van der Waals surface area (Å²) in [7, 11) is -3.41. The summed E-state index contributed by atoms with van der Waals surface area (Å²) in [6.07, 6.45) is 3.86. The van der Waals surface area contributed by atoms with E-state index in [1.807, 2.05) is 32.0 Å². The van der Waals surface area contributed by atoms with Gasteiger partial charge >= 0.3 is 0 Å². The van der Waals surface area contributed by atoms with E-state index in [2.05, 4.69) is 5.32 Å². The Morgan fingerprint density at radius 1 is 1.00 bits per heavy atom. The molecule has 5 nitrogen and oxygen atoms in total. The van der Waals surface area contributed by atoms with Gasteiger partial charge in [-0.05, 0) is 62.4 Å². The fourth-order valence-corrected chi connectivity index (χ4v) is 5.02. The van der Waals surface area contributed by atoms with E-state index in [0.29, 0.717) is 30.8 Å². The average molecular weight is 401 g/mol. The van der Waals surface area contributed by atoms with Gasteiger partial charge in [-0.3, -0.25) is 4.79 Å². The van der Waals surface area contributed by atoms with E-state index >= 15 is 0 Å². The first-order valence-corrected chi connectivity index (χ1v) is 11.3. The molecule has 0 atom stereocenters. The molecule has 0 aromatic heterocycles. The lowest BCUT2D eigenvalue weighted by atomic mass is 10.1. The van der Waals surface area contributed by atoms with E-state index in [9.17, 15) is 13.2 Å². The summed E-state index contributed by atoms with van der Waals surface area (Å²) in [6, 6.07) is 12.9. The van der Waals surface area contributed by atoms with Crippen molar-refractivity contribution in [3.8, 4) is 0 Å². The van der Waals surface area contributed by atoms with Crippen LogP contribution in [0.5, 0.6) is 0 Å². The van der Waals surface area contributed by atoms with Crippen LogP contribution in [-0.4, -0.2) is 31.7 Å². The third kappa shape index (κ3) is 5.00. The van der Waals surface area contributed by atoms with Crippen molar-refractivity contribution < 1.29 is 13.2 Å². The first-order valence-electron chi connectivity index (χ1n) is 9.82. The molecule has 1 aliphatic heterocycles. The molecular weight excluding hydrogens is 372 g/mol. The number of hydrogen-bond acceptors (Lipinski definition) is 3. The molecule has 0 radical (unpaired) electrons. The van der Waals surface area contributed by atoms with Gasteiger partial charge in [0.15, 0.2) is 0 Å². The first-order chi connectivity index (χ1) is 13.4. The van der Waals surface area contributed by atoms with Crippen LogP contribution in [0.1, 0.15) is 42.4 Å². The quantitative estimate of drug-likeness (QED) is 0.795. The van der Waals surface area contributed by atoms with Gasteiger partial charge in [-0.2, -0.15) is 4.31 Å². The number of hydrogen-bond donors (Lipinski definition) is 1. The summed E-state index contributed by atoms with van der Waals surface area (Å²) in [5.41, 5.74) is 3.99. The lowest BCUT2D eigenvalue weighted by Gasteiger charge is -2.25. The number of nitrogens with one attached hydrogen (secondary N) is 1. The minimum absolute atomic E-state index is 0.0445. The van der Waals surface area contributed by atoms with Gasteiger partial charge in [0.2, 0.25) is 15.9 Å². The summed E-state index contributed by atoms with van der Waals surface area (Å²) in [5, 5.41) is 2.94. The Kier molecular flexibility index (Phi) is 6.52. The second kappa shape index (κ2) is 8.88. The molecule has 2 aromatic rings. The van der Waals surface area contributed by atoms with Gasteiger partial charge in [-0.15, -0.1) is 0 Å². The third-order valence-electron chi connectivity index (χ3n) is 5.17. The lowest BCUT2D eigenvalue weighted by molar-refractivity contribution is -0.116. The second-order valence-electron chi connectivity index (χ2n) is 7.48. The molecule has 1 aliphatic rings. The van der Waals surface area contributed by atoms with Crippen molar-refractivity contribution >= 4 is 21.6 Å². The summed E-state index contributed by atoms with van der Waals surface area (Å²) in [6.45, 7) is 5.20. The molecule has 0 aliphatic carbocycles. The zero-order valence-electron chi connectivity index (χ0n) is 16.6. The SMILES string of the molecule is Cc1ccc(NC(=O)CCc2ccc(S(=O)(=O)N3CCCCC3)cc2)c(C)c1. The highest BCUT2D eigenvalue weighted by Crippen LogP contribution is 2.21. The molecular formula is C22H28N2O3S. The maximum atomic E-state index is 12.7. The number of carbonyl (C=O) groups is 1. The van der Waals surface area contributed by atoms with Crippen LogP contribution in [0, 0.1) is 13.8 Å².